The molecule has 0 radical (unpaired) electrons. The van der Waals surface area contributed by atoms with Gasteiger partial charge in [-0.1, -0.05) is 34.6 Å². The molecule has 2 unspecified atom stereocenters. The van der Waals surface area contributed by atoms with E-state index in [1.165, 1.54) is 0 Å². The molecule has 0 bridgehead atoms. The maximum Gasteiger partial charge on any atom is 0.240 e. The molecule has 1 fully saturated rings. The second-order valence-corrected chi connectivity index (χ2v) is 7.72. The van der Waals surface area contributed by atoms with Gasteiger partial charge in [0, 0.05) is 16.4 Å². The van der Waals surface area contributed by atoms with Gasteiger partial charge in [0.1, 0.15) is 0 Å². The first-order valence-corrected chi connectivity index (χ1v) is 8.66. The van der Waals surface area contributed by atoms with Crippen LogP contribution >= 0.6 is 28.1 Å². The van der Waals surface area contributed by atoms with Crippen LogP contribution < -0.4 is 10.5 Å². The molecule has 19 heavy (non-hydrogen) atoms. The highest BCUT2D eigenvalue weighted by Crippen LogP contribution is 2.27. The lowest BCUT2D eigenvalue weighted by molar-refractivity contribution is 0.525. The van der Waals surface area contributed by atoms with Crippen molar-refractivity contribution in [1.29, 1.82) is 0 Å². The third kappa shape index (κ3) is 3.53. The van der Waals surface area contributed by atoms with Crippen molar-refractivity contribution in [2.45, 2.75) is 30.2 Å². The summed E-state index contributed by atoms with van der Waals surface area (Å²) in [7, 11) is -3.51. The number of halogens is 1. The fourth-order valence-electron chi connectivity index (χ4n) is 2.32. The molecule has 1 aliphatic rings. The summed E-state index contributed by atoms with van der Waals surface area (Å²) in [6.45, 7) is 0. The van der Waals surface area contributed by atoms with Gasteiger partial charge in [0.2, 0.25) is 10.0 Å². The molecule has 0 aromatic heterocycles. The van der Waals surface area contributed by atoms with Gasteiger partial charge >= 0.3 is 0 Å². The molecule has 0 spiro atoms. The van der Waals surface area contributed by atoms with Crippen LogP contribution in [0.25, 0.3) is 0 Å². The highest BCUT2D eigenvalue weighted by atomic mass is 79.9. The van der Waals surface area contributed by atoms with Gasteiger partial charge in [-0.05, 0) is 37.1 Å². The molecule has 2 rings (SSSR count). The first-order chi connectivity index (χ1) is 8.90. The van der Waals surface area contributed by atoms with Crippen molar-refractivity contribution in [3.05, 3.63) is 28.7 Å². The van der Waals surface area contributed by atoms with E-state index < -0.39 is 10.0 Å². The van der Waals surface area contributed by atoms with Gasteiger partial charge in [-0.2, -0.15) is 0 Å². The lowest BCUT2D eigenvalue weighted by Crippen LogP contribution is -2.41. The van der Waals surface area contributed by atoms with Gasteiger partial charge in [0.25, 0.3) is 0 Å². The molecule has 0 saturated heterocycles. The van der Waals surface area contributed by atoms with Crippen molar-refractivity contribution in [3.8, 4) is 0 Å². The van der Waals surface area contributed by atoms with Crippen LogP contribution in [0.5, 0.6) is 0 Å². The Bertz CT molecular complexity index is 572. The van der Waals surface area contributed by atoms with E-state index in [4.69, 9.17) is 18.0 Å². The van der Waals surface area contributed by atoms with Gasteiger partial charge < -0.3 is 5.73 Å². The van der Waals surface area contributed by atoms with E-state index in [1.54, 1.807) is 24.3 Å². The zero-order valence-corrected chi connectivity index (χ0v) is 13.4. The summed E-state index contributed by atoms with van der Waals surface area (Å²) in [5.41, 5.74) is 5.66. The Morgan fingerprint density at radius 1 is 1.32 bits per heavy atom. The minimum atomic E-state index is -3.51. The monoisotopic (exact) mass is 362 g/mol. The van der Waals surface area contributed by atoms with E-state index in [-0.39, 0.29) is 16.9 Å². The quantitative estimate of drug-likeness (QED) is 0.805. The third-order valence-corrected chi connectivity index (χ3v) is 5.65. The van der Waals surface area contributed by atoms with Gasteiger partial charge in [-0.25, -0.2) is 13.1 Å². The van der Waals surface area contributed by atoms with Gasteiger partial charge in [-0.15, -0.1) is 0 Å². The third-order valence-electron chi connectivity index (χ3n) is 3.31. The van der Waals surface area contributed by atoms with E-state index in [0.29, 0.717) is 4.99 Å². The van der Waals surface area contributed by atoms with Crippen molar-refractivity contribution in [1.82, 2.24) is 4.72 Å². The summed E-state index contributed by atoms with van der Waals surface area (Å²) >= 11 is 8.27. The molecular formula is C12H15BrN2O2S2. The molecule has 7 heteroatoms. The Morgan fingerprint density at radius 3 is 2.53 bits per heavy atom. The fourth-order valence-corrected chi connectivity index (χ4v) is 4.18. The van der Waals surface area contributed by atoms with E-state index in [9.17, 15) is 8.42 Å². The number of nitrogens with two attached hydrogens (primary N) is 1. The molecule has 2 atom stereocenters. The number of sulfonamides is 1. The number of nitrogens with one attached hydrogen (secondary N) is 1. The normalized spacial score (nSPS) is 23.4. The van der Waals surface area contributed by atoms with Crippen LogP contribution in [0.15, 0.2) is 33.6 Å². The molecular weight excluding hydrogens is 348 g/mol. The van der Waals surface area contributed by atoms with Crippen LogP contribution in [-0.2, 0) is 10.0 Å². The number of hydrogen-bond donors (Lipinski definition) is 2. The van der Waals surface area contributed by atoms with Crippen LogP contribution in [0.1, 0.15) is 19.3 Å². The average molecular weight is 363 g/mol. The molecule has 1 aliphatic carbocycles. The van der Waals surface area contributed by atoms with Crippen LogP contribution in [0.2, 0.25) is 0 Å². The fraction of sp³-hybridized carbons (Fsp3) is 0.417. The molecule has 1 aromatic carbocycles. The first kappa shape index (κ1) is 14.9. The summed E-state index contributed by atoms with van der Waals surface area (Å²) in [6, 6.07) is 6.35. The topological polar surface area (TPSA) is 72.2 Å². The summed E-state index contributed by atoms with van der Waals surface area (Å²) in [5.74, 6) is -0.0415. The highest BCUT2D eigenvalue weighted by Gasteiger charge is 2.32. The smallest absolute Gasteiger partial charge is 0.240 e. The molecule has 1 aromatic rings. The number of rotatable bonds is 4. The predicted molar refractivity (Wildman–Crippen MR) is 82.4 cm³/mol. The predicted octanol–water partition coefficient (Wildman–Crippen LogP) is 2.18. The number of hydrogen-bond acceptors (Lipinski definition) is 3. The van der Waals surface area contributed by atoms with Crippen molar-refractivity contribution >= 4 is 43.2 Å². The van der Waals surface area contributed by atoms with E-state index in [0.717, 1.165) is 23.7 Å². The van der Waals surface area contributed by atoms with Crippen LogP contribution in [0.3, 0.4) is 0 Å². The molecule has 3 N–H and O–H groups in total. The summed E-state index contributed by atoms with van der Waals surface area (Å²) < 4.78 is 28.1. The van der Waals surface area contributed by atoms with E-state index in [2.05, 4.69) is 20.7 Å². The van der Waals surface area contributed by atoms with E-state index >= 15 is 0 Å². The Labute approximate surface area is 126 Å². The Balaban J connectivity index is 2.17. The lowest BCUT2D eigenvalue weighted by atomic mass is 10.1. The summed E-state index contributed by atoms with van der Waals surface area (Å²) in [5, 5.41) is 0. The van der Waals surface area contributed by atoms with Crippen molar-refractivity contribution in [2.24, 2.45) is 11.7 Å². The maximum absolute atomic E-state index is 12.3. The van der Waals surface area contributed by atoms with Crippen molar-refractivity contribution < 1.29 is 8.42 Å². The SMILES string of the molecule is NC(=S)C1CCCC1NS(=O)(=O)c1ccc(Br)cc1. The first-order valence-electron chi connectivity index (χ1n) is 5.97. The average Bonchev–Trinajstić information content (AvgIpc) is 2.77. The zero-order chi connectivity index (χ0) is 14.0. The van der Waals surface area contributed by atoms with Crippen molar-refractivity contribution in [2.75, 3.05) is 0 Å². The van der Waals surface area contributed by atoms with Crippen molar-refractivity contribution in [3.63, 3.8) is 0 Å². The molecule has 0 heterocycles. The maximum atomic E-state index is 12.3. The van der Waals surface area contributed by atoms with Crippen LogP contribution in [0, 0.1) is 5.92 Å². The number of thiocarbonyl (C=S) groups is 1. The highest BCUT2D eigenvalue weighted by molar-refractivity contribution is 9.10. The Morgan fingerprint density at radius 2 is 1.95 bits per heavy atom. The van der Waals surface area contributed by atoms with Crippen LogP contribution in [-0.4, -0.2) is 19.4 Å². The lowest BCUT2D eigenvalue weighted by Gasteiger charge is -2.19. The zero-order valence-electron chi connectivity index (χ0n) is 10.2. The van der Waals surface area contributed by atoms with Gasteiger partial charge in [-0.3, -0.25) is 0 Å². The van der Waals surface area contributed by atoms with Gasteiger partial charge in [0.15, 0.2) is 0 Å². The second-order valence-electron chi connectivity index (χ2n) is 4.62. The Hall–Kier alpha value is -0.500. The molecule has 104 valence electrons. The Kier molecular flexibility index (Phi) is 4.60. The molecule has 1 saturated carbocycles. The molecule has 0 amide bonds. The minimum absolute atomic E-state index is 0.0415. The minimum Gasteiger partial charge on any atom is -0.393 e. The summed E-state index contributed by atoms with van der Waals surface area (Å²) in [6.07, 6.45) is 2.57. The van der Waals surface area contributed by atoms with Crippen LogP contribution in [0.4, 0.5) is 0 Å². The standard InChI is InChI=1S/C12H15BrN2O2S2/c13-8-4-6-9(7-5-8)19(16,17)15-11-3-1-2-10(11)12(14)18/h4-7,10-11,15H,1-3H2,(H2,14,18). The largest absolute Gasteiger partial charge is 0.393 e. The summed E-state index contributed by atoms with van der Waals surface area (Å²) in [4.78, 5) is 0.644. The van der Waals surface area contributed by atoms with E-state index in [1.807, 2.05) is 0 Å². The number of benzene rings is 1. The molecule has 4 nitrogen and oxygen atoms in total. The van der Waals surface area contributed by atoms with Gasteiger partial charge in [0.05, 0.1) is 9.88 Å². The molecule has 0 aliphatic heterocycles. The second kappa shape index (κ2) is 5.87.